The van der Waals surface area contributed by atoms with Crippen LogP contribution in [0.5, 0.6) is 0 Å². The van der Waals surface area contributed by atoms with Crippen LogP contribution in [0.1, 0.15) is 34.6 Å². The van der Waals surface area contributed by atoms with E-state index in [4.69, 9.17) is 10.2 Å². The summed E-state index contributed by atoms with van der Waals surface area (Å²) in [5.74, 6) is -1.04. The molecule has 0 saturated carbocycles. The lowest BCUT2D eigenvalue weighted by atomic mass is 10.3. The van der Waals surface area contributed by atoms with Crippen molar-refractivity contribution >= 4 is 11.9 Å². The third-order valence-corrected chi connectivity index (χ3v) is 0.730. The molecule has 0 atom stereocenters. The predicted octanol–water partition coefficient (Wildman–Crippen LogP) is 2.96. The molecule has 0 amide bonds. The smallest absolute Gasteiger partial charge is 0.330 e. The van der Waals surface area contributed by atoms with Crippen LogP contribution in [0.3, 0.4) is 0 Å². The van der Waals surface area contributed by atoms with E-state index in [1.807, 2.05) is 0 Å². The molecule has 0 unspecified atom stereocenters. The number of hydrogen-bond donors (Lipinski definition) is 2. The molecule has 2 N–H and O–H groups in total. The maximum absolute atomic E-state index is 9.60. The average Bonchev–Trinajstić information content (AvgIpc) is 2.03. The maximum atomic E-state index is 9.60. The summed E-state index contributed by atoms with van der Waals surface area (Å²) in [6, 6.07) is 0. The predicted molar refractivity (Wildman–Crippen MR) is 65.4 cm³/mol. The highest BCUT2D eigenvalue weighted by molar-refractivity contribution is 5.85. The zero-order chi connectivity index (χ0) is 13.9. The van der Waals surface area contributed by atoms with Crippen molar-refractivity contribution in [1.29, 1.82) is 0 Å². The highest BCUT2D eigenvalue weighted by atomic mass is 16.4. The van der Waals surface area contributed by atoms with Crippen molar-refractivity contribution in [3.63, 3.8) is 0 Å². The third-order valence-electron chi connectivity index (χ3n) is 0.730. The van der Waals surface area contributed by atoms with Gasteiger partial charge in [-0.2, -0.15) is 0 Å². The van der Waals surface area contributed by atoms with Gasteiger partial charge >= 0.3 is 11.9 Å². The fourth-order valence-electron chi connectivity index (χ4n) is 0. The molecule has 0 heterocycles. The fourth-order valence-corrected chi connectivity index (χ4v) is 0. The van der Waals surface area contributed by atoms with Crippen LogP contribution in [0.15, 0.2) is 24.3 Å². The summed E-state index contributed by atoms with van der Waals surface area (Å²) in [6.07, 6.45) is 0. The lowest BCUT2D eigenvalue weighted by Crippen LogP contribution is -1.92. The van der Waals surface area contributed by atoms with Gasteiger partial charge in [0.1, 0.15) is 0 Å². The summed E-state index contributed by atoms with van der Waals surface area (Å²) in [6.45, 7) is 15.7. The lowest BCUT2D eigenvalue weighted by Gasteiger charge is -1.79. The van der Waals surface area contributed by atoms with Gasteiger partial charge in [0.15, 0.2) is 0 Å². The van der Waals surface area contributed by atoms with Gasteiger partial charge in [0.05, 0.1) is 0 Å². The van der Waals surface area contributed by atoms with Gasteiger partial charge in [-0.1, -0.05) is 33.9 Å². The minimum atomic E-state index is -0.935. The van der Waals surface area contributed by atoms with Crippen LogP contribution in [0.25, 0.3) is 0 Å². The first-order chi connectivity index (χ1) is 7.02. The Labute approximate surface area is 97.3 Å². The van der Waals surface area contributed by atoms with E-state index < -0.39 is 11.9 Å². The number of aliphatic carboxylic acids is 2. The standard InChI is InChI=1S/2C4H6O2.C4H10/c2*1-3(2)4(5)6;1-4(2)3/h2*1H2,2H3,(H,5,6);4H,1-3H3. The van der Waals surface area contributed by atoms with E-state index in [0.29, 0.717) is 0 Å². The molecule has 4 heteroatoms. The average molecular weight is 230 g/mol. The van der Waals surface area contributed by atoms with Gasteiger partial charge < -0.3 is 10.2 Å². The van der Waals surface area contributed by atoms with Crippen molar-refractivity contribution < 1.29 is 19.8 Å². The van der Waals surface area contributed by atoms with Crippen LogP contribution in [-0.4, -0.2) is 22.2 Å². The molecular formula is C12H22O4. The molecule has 0 bridgehead atoms. The first-order valence-corrected chi connectivity index (χ1v) is 4.79. The molecule has 0 aliphatic heterocycles. The molecule has 4 nitrogen and oxygen atoms in total. The Hall–Kier alpha value is -1.58. The van der Waals surface area contributed by atoms with Crippen LogP contribution in [-0.2, 0) is 9.59 Å². The van der Waals surface area contributed by atoms with E-state index in [0.717, 1.165) is 5.92 Å². The number of carbonyl (C=O) groups is 2. The van der Waals surface area contributed by atoms with Gasteiger partial charge in [-0.15, -0.1) is 0 Å². The van der Waals surface area contributed by atoms with Gasteiger partial charge in [0.2, 0.25) is 0 Å². The van der Waals surface area contributed by atoms with E-state index in [9.17, 15) is 9.59 Å². The van der Waals surface area contributed by atoms with Crippen molar-refractivity contribution in [3.05, 3.63) is 24.3 Å². The van der Waals surface area contributed by atoms with Crippen LogP contribution >= 0.6 is 0 Å². The molecule has 0 spiro atoms. The van der Waals surface area contributed by atoms with Crippen LogP contribution in [0.2, 0.25) is 0 Å². The minimum Gasteiger partial charge on any atom is -0.478 e. The van der Waals surface area contributed by atoms with Crippen molar-refractivity contribution in [3.8, 4) is 0 Å². The summed E-state index contributed by atoms with van der Waals surface area (Å²) < 4.78 is 0. The number of hydrogen-bond acceptors (Lipinski definition) is 2. The first kappa shape index (κ1) is 19.9. The van der Waals surface area contributed by atoms with Gasteiger partial charge in [-0.05, 0) is 19.8 Å². The van der Waals surface area contributed by atoms with Crippen LogP contribution in [0, 0.1) is 5.92 Å². The number of carboxylic acid groups (broad SMARTS) is 2. The summed E-state index contributed by atoms with van der Waals surface area (Å²) in [4.78, 5) is 19.2. The normalized spacial score (nSPS) is 7.88. The highest BCUT2D eigenvalue weighted by Gasteiger charge is 1.90. The summed E-state index contributed by atoms with van der Waals surface area (Å²) in [5, 5.41) is 15.8. The molecule has 0 fully saturated rings. The summed E-state index contributed by atoms with van der Waals surface area (Å²) >= 11 is 0. The Bertz CT molecular complexity index is 201. The minimum absolute atomic E-state index is 0.176. The van der Waals surface area contributed by atoms with Gasteiger partial charge in [0, 0.05) is 11.1 Å². The topological polar surface area (TPSA) is 74.6 Å². The van der Waals surface area contributed by atoms with Crippen molar-refractivity contribution in [1.82, 2.24) is 0 Å². The molecule has 0 aromatic heterocycles. The zero-order valence-electron chi connectivity index (χ0n) is 10.7. The van der Waals surface area contributed by atoms with Crippen molar-refractivity contribution in [2.24, 2.45) is 5.92 Å². The Morgan fingerprint density at radius 3 is 0.938 bits per heavy atom. The molecule has 0 aromatic rings. The molecule has 16 heavy (non-hydrogen) atoms. The second-order valence-corrected chi connectivity index (χ2v) is 3.90. The van der Waals surface area contributed by atoms with E-state index >= 15 is 0 Å². The molecule has 0 aliphatic rings. The van der Waals surface area contributed by atoms with Crippen molar-refractivity contribution in [2.45, 2.75) is 34.6 Å². The lowest BCUT2D eigenvalue weighted by molar-refractivity contribution is -0.133. The van der Waals surface area contributed by atoms with E-state index in [1.165, 1.54) is 13.8 Å². The fraction of sp³-hybridized carbons (Fsp3) is 0.500. The highest BCUT2D eigenvalue weighted by Crippen LogP contribution is 1.81. The van der Waals surface area contributed by atoms with E-state index in [1.54, 1.807) is 0 Å². The summed E-state index contributed by atoms with van der Waals surface area (Å²) in [7, 11) is 0. The molecule has 0 aromatic carbocycles. The Kier molecular flexibility index (Phi) is 14.3. The van der Waals surface area contributed by atoms with Gasteiger partial charge in [-0.3, -0.25) is 0 Å². The van der Waals surface area contributed by atoms with Crippen molar-refractivity contribution in [2.75, 3.05) is 0 Å². The van der Waals surface area contributed by atoms with Gasteiger partial charge in [0.25, 0.3) is 0 Å². The van der Waals surface area contributed by atoms with Gasteiger partial charge in [-0.25, -0.2) is 9.59 Å². The van der Waals surface area contributed by atoms with Crippen LogP contribution in [0.4, 0.5) is 0 Å². The Balaban J connectivity index is -0.000000162. The Morgan fingerprint density at radius 2 is 0.938 bits per heavy atom. The Morgan fingerprint density at radius 1 is 0.875 bits per heavy atom. The molecule has 0 aliphatic carbocycles. The quantitative estimate of drug-likeness (QED) is 0.715. The van der Waals surface area contributed by atoms with Crippen LogP contribution < -0.4 is 0 Å². The molecular weight excluding hydrogens is 208 g/mol. The van der Waals surface area contributed by atoms with E-state index in [-0.39, 0.29) is 11.1 Å². The molecule has 0 rings (SSSR count). The molecule has 0 saturated heterocycles. The SMILES string of the molecule is C=C(C)C(=O)O.C=C(C)C(=O)O.CC(C)C. The maximum Gasteiger partial charge on any atom is 0.330 e. The number of rotatable bonds is 2. The summed E-state index contributed by atoms with van der Waals surface area (Å²) in [5.41, 5.74) is 0.352. The number of carboxylic acids is 2. The monoisotopic (exact) mass is 230 g/mol. The molecule has 94 valence electrons. The second kappa shape index (κ2) is 11.5. The van der Waals surface area contributed by atoms with E-state index in [2.05, 4.69) is 33.9 Å². The largest absolute Gasteiger partial charge is 0.478 e. The molecule has 0 radical (unpaired) electrons. The zero-order valence-corrected chi connectivity index (χ0v) is 10.7. The first-order valence-electron chi connectivity index (χ1n) is 4.79. The third kappa shape index (κ3) is 39.3. The second-order valence-electron chi connectivity index (χ2n) is 3.90.